The van der Waals surface area contributed by atoms with E-state index in [0.29, 0.717) is 11.0 Å². The molecule has 0 aliphatic heterocycles. The second kappa shape index (κ2) is 4.35. The number of carbonyl (C=O) groups is 1. The van der Waals surface area contributed by atoms with Crippen molar-refractivity contribution >= 4 is 22.4 Å². The summed E-state index contributed by atoms with van der Waals surface area (Å²) in [5, 5.41) is 16.3. The van der Waals surface area contributed by atoms with Crippen LogP contribution < -0.4 is 5.32 Å². The Bertz CT molecular complexity index is 471. The van der Waals surface area contributed by atoms with Gasteiger partial charge in [0, 0.05) is 4.88 Å². The van der Waals surface area contributed by atoms with Gasteiger partial charge in [0.25, 0.3) is 0 Å². The maximum atomic E-state index is 11.5. The van der Waals surface area contributed by atoms with E-state index in [4.69, 9.17) is 0 Å². The van der Waals surface area contributed by atoms with Gasteiger partial charge in [-0.1, -0.05) is 5.21 Å². The van der Waals surface area contributed by atoms with Crippen LogP contribution in [0.1, 0.15) is 16.4 Å². The summed E-state index contributed by atoms with van der Waals surface area (Å²) < 4.78 is 0. The van der Waals surface area contributed by atoms with E-state index in [-0.39, 0.29) is 12.3 Å². The zero-order valence-corrected chi connectivity index (χ0v) is 9.63. The van der Waals surface area contributed by atoms with Gasteiger partial charge in [0.1, 0.15) is 0 Å². The van der Waals surface area contributed by atoms with Crippen molar-refractivity contribution in [3.63, 3.8) is 0 Å². The van der Waals surface area contributed by atoms with E-state index >= 15 is 0 Å². The maximum Gasteiger partial charge on any atom is 0.233 e. The Morgan fingerprint density at radius 2 is 2.31 bits per heavy atom. The molecule has 2 aromatic heterocycles. The summed E-state index contributed by atoms with van der Waals surface area (Å²) in [5.74, 6) is 0.164. The van der Waals surface area contributed by atoms with Gasteiger partial charge in [0.2, 0.25) is 5.91 Å². The molecule has 0 radical (unpaired) electrons. The Balaban J connectivity index is 1.97. The molecular formula is C8H10N6OS. The number of amides is 1. The molecule has 2 heterocycles. The van der Waals surface area contributed by atoms with Gasteiger partial charge in [0.05, 0.1) is 12.1 Å². The molecule has 0 saturated carbocycles. The fourth-order valence-corrected chi connectivity index (χ4v) is 1.92. The van der Waals surface area contributed by atoms with Crippen molar-refractivity contribution in [2.75, 3.05) is 5.32 Å². The molecule has 84 valence electrons. The molecule has 16 heavy (non-hydrogen) atoms. The van der Waals surface area contributed by atoms with Crippen molar-refractivity contribution in [1.82, 2.24) is 25.6 Å². The predicted octanol–water partition coefficient (Wildman–Crippen LogP) is 0.454. The summed E-state index contributed by atoms with van der Waals surface area (Å²) in [4.78, 5) is 16.8. The van der Waals surface area contributed by atoms with Crippen molar-refractivity contribution in [2.45, 2.75) is 20.3 Å². The Morgan fingerprint density at radius 1 is 1.50 bits per heavy atom. The fourth-order valence-electron chi connectivity index (χ4n) is 1.09. The second-order valence-corrected chi connectivity index (χ2v) is 4.42. The number of tetrazole rings is 1. The standard InChI is InChI=1S/C8H10N6OS/c1-4-5(2)16-8(9-4)10-7(15)3-6-11-13-14-12-6/h3H2,1-2H3,(H,9,10,15)(H,11,12,13,14). The number of anilines is 1. The Morgan fingerprint density at radius 3 is 2.88 bits per heavy atom. The van der Waals surface area contributed by atoms with E-state index in [1.54, 1.807) is 0 Å². The first-order valence-corrected chi connectivity index (χ1v) is 5.43. The molecule has 2 N–H and O–H groups in total. The molecule has 0 saturated heterocycles. The molecule has 0 atom stereocenters. The second-order valence-electron chi connectivity index (χ2n) is 3.21. The third-order valence-corrected chi connectivity index (χ3v) is 2.97. The zero-order chi connectivity index (χ0) is 11.5. The molecule has 0 aliphatic carbocycles. The topological polar surface area (TPSA) is 96.5 Å². The van der Waals surface area contributed by atoms with Gasteiger partial charge in [-0.05, 0) is 13.8 Å². The molecule has 0 fully saturated rings. The van der Waals surface area contributed by atoms with Crippen LogP contribution in [-0.4, -0.2) is 31.5 Å². The summed E-state index contributed by atoms with van der Waals surface area (Å²) in [5.41, 5.74) is 0.930. The van der Waals surface area contributed by atoms with Crippen molar-refractivity contribution in [3.05, 3.63) is 16.4 Å². The largest absolute Gasteiger partial charge is 0.302 e. The minimum Gasteiger partial charge on any atom is -0.302 e. The number of hydrogen-bond acceptors (Lipinski definition) is 6. The lowest BCUT2D eigenvalue weighted by Crippen LogP contribution is -2.15. The number of H-pyrrole nitrogens is 1. The highest BCUT2D eigenvalue weighted by Crippen LogP contribution is 2.20. The van der Waals surface area contributed by atoms with Gasteiger partial charge in [-0.25, -0.2) is 4.98 Å². The van der Waals surface area contributed by atoms with Crippen molar-refractivity contribution in [3.8, 4) is 0 Å². The van der Waals surface area contributed by atoms with Gasteiger partial charge < -0.3 is 5.32 Å². The van der Waals surface area contributed by atoms with Crippen LogP contribution in [0.5, 0.6) is 0 Å². The van der Waals surface area contributed by atoms with Crippen LogP contribution >= 0.6 is 11.3 Å². The van der Waals surface area contributed by atoms with E-state index in [0.717, 1.165) is 10.6 Å². The first-order chi connectivity index (χ1) is 7.65. The summed E-state index contributed by atoms with van der Waals surface area (Å²) in [6.45, 7) is 3.86. The molecule has 0 unspecified atom stereocenters. The molecular weight excluding hydrogens is 228 g/mol. The Labute approximate surface area is 95.3 Å². The summed E-state index contributed by atoms with van der Waals surface area (Å²) in [7, 11) is 0. The average molecular weight is 238 g/mol. The summed E-state index contributed by atoms with van der Waals surface area (Å²) >= 11 is 1.45. The molecule has 0 bridgehead atoms. The van der Waals surface area contributed by atoms with Crippen LogP contribution in [0.4, 0.5) is 5.13 Å². The third-order valence-electron chi connectivity index (χ3n) is 1.98. The number of nitrogens with zero attached hydrogens (tertiary/aromatic N) is 4. The van der Waals surface area contributed by atoms with Crippen molar-refractivity contribution in [1.29, 1.82) is 0 Å². The number of nitrogens with one attached hydrogen (secondary N) is 2. The zero-order valence-electron chi connectivity index (χ0n) is 8.81. The first kappa shape index (κ1) is 10.7. The number of thiazole rings is 1. The van der Waals surface area contributed by atoms with Crippen LogP contribution in [0.3, 0.4) is 0 Å². The first-order valence-electron chi connectivity index (χ1n) is 4.61. The molecule has 2 aromatic rings. The molecule has 0 spiro atoms. The minimum atomic E-state index is -0.199. The number of hydrogen-bond donors (Lipinski definition) is 2. The monoisotopic (exact) mass is 238 g/mol. The van der Waals surface area contributed by atoms with E-state index in [2.05, 4.69) is 30.9 Å². The Kier molecular flexibility index (Phi) is 2.91. The minimum absolute atomic E-state index is 0.0914. The smallest absolute Gasteiger partial charge is 0.233 e. The number of aromatic nitrogens is 5. The molecule has 8 heteroatoms. The van der Waals surface area contributed by atoms with E-state index < -0.39 is 0 Å². The van der Waals surface area contributed by atoms with Crippen LogP contribution in [0.15, 0.2) is 0 Å². The summed E-state index contributed by atoms with van der Waals surface area (Å²) in [6, 6.07) is 0. The highest BCUT2D eigenvalue weighted by molar-refractivity contribution is 7.15. The average Bonchev–Trinajstić information content (AvgIpc) is 2.78. The lowest BCUT2D eigenvalue weighted by Gasteiger charge is -1.97. The number of aromatic amines is 1. The van der Waals surface area contributed by atoms with Gasteiger partial charge in [-0.2, -0.15) is 5.21 Å². The molecule has 0 aliphatic rings. The van der Waals surface area contributed by atoms with Crippen molar-refractivity contribution in [2.24, 2.45) is 0 Å². The van der Waals surface area contributed by atoms with Gasteiger partial charge in [-0.15, -0.1) is 21.5 Å². The highest BCUT2D eigenvalue weighted by Gasteiger charge is 2.10. The van der Waals surface area contributed by atoms with Gasteiger partial charge in [-0.3, -0.25) is 4.79 Å². The van der Waals surface area contributed by atoms with E-state index in [1.807, 2.05) is 13.8 Å². The van der Waals surface area contributed by atoms with Crippen LogP contribution in [-0.2, 0) is 11.2 Å². The molecule has 7 nitrogen and oxygen atoms in total. The molecule has 0 aromatic carbocycles. The number of rotatable bonds is 3. The summed E-state index contributed by atoms with van der Waals surface area (Å²) in [6.07, 6.45) is 0.0914. The van der Waals surface area contributed by atoms with Gasteiger partial charge in [0.15, 0.2) is 11.0 Å². The Hall–Kier alpha value is -1.83. The lowest BCUT2D eigenvalue weighted by molar-refractivity contribution is -0.115. The quantitative estimate of drug-likeness (QED) is 0.809. The van der Waals surface area contributed by atoms with Crippen LogP contribution in [0, 0.1) is 13.8 Å². The normalized spacial score (nSPS) is 10.4. The number of aryl methyl sites for hydroxylation is 2. The van der Waals surface area contributed by atoms with E-state index in [9.17, 15) is 4.79 Å². The SMILES string of the molecule is Cc1nc(NC(=O)Cc2nn[nH]n2)sc1C. The number of carbonyl (C=O) groups excluding carboxylic acids is 1. The van der Waals surface area contributed by atoms with Crippen LogP contribution in [0.2, 0.25) is 0 Å². The fraction of sp³-hybridized carbons (Fsp3) is 0.375. The predicted molar refractivity (Wildman–Crippen MR) is 58.1 cm³/mol. The third kappa shape index (κ3) is 2.40. The highest BCUT2D eigenvalue weighted by atomic mass is 32.1. The van der Waals surface area contributed by atoms with E-state index in [1.165, 1.54) is 11.3 Å². The van der Waals surface area contributed by atoms with Gasteiger partial charge >= 0.3 is 0 Å². The van der Waals surface area contributed by atoms with Crippen LogP contribution in [0.25, 0.3) is 0 Å². The molecule has 1 amide bonds. The molecule has 2 rings (SSSR count). The maximum absolute atomic E-state index is 11.5. The van der Waals surface area contributed by atoms with Crippen molar-refractivity contribution < 1.29 is 4.79 Å². The lowest BCUT2D eigenvalue weighted by atomic mass is 10.4.